The highest BCUT2D eigenvalue weighted by atomic mass is 19.4. The van der Waals surface area contributed by atoms with Crippen LogP contribution in [0.1, 0.15) is 32.8 Å². The number of anilines is 1. The first-order chi connectivity index (χ1) is 12.8. The van der Waals surface area contributed by atoms with Gasteiger partial charge in [-0.3, -0.25) is 0 Å². The molecule has 27 heavy (non-hydrogen) atoms. The van der Waals surface area contributed by atoms with Gasteiger partial charge < -0.3 is 14.4 Å². The summed E-state index contributed by atoms with van der Waals surface area (Å²) in [6.07, 6.45) is -2.28. The van der Waals surface area contributed by atoms with Crippen molar-refractivity contribution in [2.75, 3.05) is 18.1 Å². The summed E-state index contributed by atoms with van der Waals surface area (Å²) in [5, 5.41) is -0.0280. The molecule has 0 saturated heterocycles. The molecule has 0 aliphatic carbocycles. The van der Waals surface area contributed by atoms with E-state index in [-0.39, 0.29) is 34.7 Å². The predicted molar refractivity (Wildman–Crippen MR) is 99.6 cm³/mol. The summed E-state index contributed by atoms with van der Waals surface area (Å²) < 4.78 is 52.7. The molecule has 2 heterocycles. The first kappa shape index (κ1) is 19.3. The van der Waals surface area contributed by atoms with Crippen LogP contribution in [0.3, 0.4) is 0 Å². The largest absolute Gasteiger partial charge is 0.489 e. The van der Waals surface area contributed by atoms with Gasteiger partial charge in [-0.25, -0.2) is 4.98 Å². The maximum absolute atomic E-state index is 13.8. The molecule has 4 nitrogen and oxygen atoms in total. The lowest BCUT2D eigenvalue weighted by Crippen LogP contribution is -2.42. The third-order valence-corrected chi connectivity index (χ3v) is 4.51. The summed E-state index contributed by atoms with van der Waals surface area (Å²) in [5.41, 5.74) is 0.0338. The van der Waals surface area contributed by atoms with Crippen molar-refractivity contribution in [1.29, 1.82) is 0 Å². The fraction of sp³-hybridized carbons (Fsp3) is 0.450. The lowest BCUT2D eigenvalue weighted by Gasteiger charge is -2.38. The van der Waals surface area contributed by atoms with Gasteiger partial charge in [-0.1, -0.05) is 13.0 Å². The van der Waals surface area contributed by atoms with E-state index in [1.54, 1.807) is 32.1 Å². The molecule has 7 heteroatoms. The van der Waals surface area contributed by atoms with Crippen molar-refractivity contribution in [2.45, 2.75) is 45.5 Å². The van der Waals surface area contributed by atoms with E-state index in [2.05, 4.69) is 11.6 Å². The monoisotopic (exact) mass is 380 g/mol. The van der Waals surface area contributed by atoms with E-state index in [4.69, 9.17) is 9.47 Å². The lowest BCUT2D eigenvalue weighted by molar-refractivity contribution is -0.136. The van der Waals surface area contributed by atoms with Crippen molar-refractivity contribution in [2.24, 2.45) is 0 Å². The van der Waals surface area contributed by atoms with Gasteiger partial charge in [-0.2, -0.15) is 13.2 Å². The third-order valence-electron chi connectivity index (χ3n) is 4.51. The Balaban J connectivity index is 2.26. The minimum absolute atomic E-state index is 0.0280. The summed E-state index contributed by atoms with van der Waals surface area (Å²) in [7, 11) is 0. The second-order valence-corrected chi connectivity index (χ2v) is 6.79. The molecule has 146 valence electrons. The molecule has 0 N–H and O–H groups in total. The average molecular weight is 380 g/mol. The van der Waals surface area contributed by atoms with E-state index in [1.807, 2.05) is 11.8 Å². The van der Waals surface area contributed by atoms with Crippen LogP contribution in [0.25, 0.3) is 10.9 Å². The van der Waals surface area contributed by atoms with E-state index in [0.29, 0.717) is 18.8 Å². The van der Waals surface area contributed by atoms with E-state index >= 15 is 0 Å². The molecule has 2 aromatic rings. The SMILES string of the molecule is C=CCN1c2ccc3nc(OC(C)C)cc(C(F)(F)F)c3c2OCC1CC. The van der Waals surface area contributed by atoms with Crippen molar-refractivity contribution in [3.63, 3.8) is 0 Å². The zero-order valence-corrected chi connectivity index (χ0v) is 15.6. The zero-order valence-electron chi connectivity index (χ0n) is 15.6. The van der Waals surface area contributed by atoms with Crippen molar-refractivity contribution in [3.8, 4) is 11.6 Å². The van der Waals surface area contributed by atoms with Gasteiger partial charge >= 0.3 is 6.18 Å². The Labute approximate surface area is 156 Å². The van der Waals surface area contributed by atoms with Crippen LogP contribution in [-0.2, 0) is 6.18 Å². The summed E-state index contributed by atoms with van der Waals surface area (Å²) in [6.45, 7) is 10.1. The average Bonchev–Trinajstić information content (AvgIpc) is 2.59. The Kier molecular flexibility index (Phi) is 5.22. The number of alkyl halides is 3. The van der Waals surface area contributed by atoms with Crippen LogP contribution in [0.15, 0.2) is 30.9 Å². The molecule has 1 atom stereocenters. The molecule has 0 bridgehead atoms. The predicted octanol–water partition coefficient (Wildman–Crippen LogP) is 5.20. The quantitative estimate of drug-likeness (QED) is 0.668. The molecule has 1 unspecified atom stereocenters. The van der Waals surface area contributed by atoms with Gasteiger partial charge in [0.1, 0.15) is 6.61 Å². The number of benzene rings is 1. The van der Waals surface area contributed by atoms with Gasteiger partial charge in [0.15, 0.2) is 5.75 Å². The number of hydrogen-bond acceptors (Lipinski definition) is 4. The van der Waals surface area contributed by atoms with Crippen LogP contribution in [0, 0.1) is 0 Å². The fourth-order valence-corrected chi connectivity index (χ4v) is 3.35. The van der Waals surface area contributed by atoms with Gasteiger partial charge in [0.05, 0.1) is 34.3 Å². The van der Waals surface area contributed by atoms with E-state index in [0.717, 1.165) is 12.5 Å². The molecule has 0 radical (unpaired) electrons. The smallest absolute Gasteiger partial charge is 0.417 e. The Morgan fingerprint density at radius 2 is 2.15 bits per heavy atom. The molecule has 1 aromatic carbocycles. The lowest BCUT2D eigenvalue weighted by atomic mass is 10.0. The highest BCUT2D eigenvalue weighted by molar-refractivity contribution is 5.95. The Hall–Kier alpha value is -2.44. The van der Waals surface area contributed by atoms with Crippen molar-refractivity contribution in [3.05, 3.63) is 36.4 Å². The summed E-state index contributed by atoms with van der Waals surface area (Å²) in [4.78, 5) is 6.30. The number of halogens is 3. The maximum atomic E-state index is 13.8. The first-order valence-corrected chi connectivity index (χ1v) is 8.98. The number of pyridine rings is 1. The minimum atomic E-state index is -4.56. The van der Waals surface area contributed by atoms with Crippen molar-refractivity contribution >= 4 is 16.6 Å². The van der Waals surface area contributed by atoms with Crippen LogP contribution >= 0.6 is 0 Å². The van der Waals surface area contributed by atoms with Gasteiger partial charge in [0, 0.05) is 12.6 Å². The second kappa shape index (κ2) is 7.29. The maximum Gasteiger partial charge on any atom is 0.417 e. The highest BCUT2D eigenvalue weighted by Gasteiger charge is 2.37. The standard InChI is InChI=1S/C20H23F3N2O2/c1-5-9-25-13(6-2)11-26-19-16(25)8-7-15-18(19)14(20(21,22)23)10-17(24-15)27-12(3)4/h5,7-8,10,12-13H,1,6,9,11H2,2-4H3. The van der Waals surface area contributed by atoms with Crippen molar-refractivity contribution in [1.82, 2.24) is 4.98 Å². The number of ether oxygens (including phenoxy) is 2. The van der Waals surface area contributed by atoms with Crippen LogP contribution in [0.5, 0.6) is 11.6 Å². The fourth-order valence-electron chi connectivity index (χ4n) is 3.35. The molecular weight excluding hydrogens is 357 g/mol. The van der Waals surface area contributed by atoms with Crippen LogP contribution in [-0.4, -0.2) is 30.3 Å². The number of fused-ring (bicyclic) bond motifs is 3. The van der Waals surface area contributed by atoms with Gasteiger partial charge in [-0.05, 0) is 32.4 Å². The highest BCUT2D eigenvalue weighted by Crippen LogP contribution is 2.46. The van der Waals surface area contributed by atoms with Crippen LogP contribution in [0.2, 0.25) is 0 Å². The number of rotatable bonds is 5. The van der Waals surface area contributed by atoms with Crippen molar-refractivity contribution < 1.29 is 22.6 Å². The minimum Gasteiger partial charge on any atom is -0.489 e. The Bertz CT molecular complexity index is 849. The molecule has 1 aliphatic rings. The molecular formula is C20H23F3N2O2. The number of aromatic nitrogens is 1. The van der Waals surface area contributed by atoms with Gasteiger partial charge in [0.2, 0.25) is 5.88 Å². The molecule has 0 saturated carbocycles. The first-order valence-electron chi connectivity index (χ1n) is 8.98. The van der Waals surface area contributed by atoms with E-state index in [9.17, 15) is 13.2 Å². The molecule has 0 amide bonds. The van der Waals surface area contributed by atoms with Gasteiger partial charge in [-0.15, -0.1) is 6.58 Å². The summed E-state index contributed by atoms with van der Waals surface area (Å²) in [5.74, 6) is 0.171. The topological polar surface area (TPSA) is 34.6 Å². The normalized spacial score (nSPS) is 17.0. The molecule has 1 aromatic heterocycles. The van der Waals surface area contributed by atoms with Crippen LogP contribution in [0.4, 0.5) is 18.9 Å². The second-order valence-electron chi connectivity index (χ2n) is 6.79. The summed E-state index contributed by atoms with van der Waals surface area (Å²) in [6, 6.07) is 4.39. The molecule has 0 spiro atoms. The van der Waals surface area contributed by atoms with E-state index in [1.165, 1.54) is 0 Å². The number of nitrogens with zero attached hydrogens (tertiary/aromatic N) is 2. The van der Waals surface area contributed by atoms with E-state index < -0.39 is 11.7 Å². The van der Waals surface area contributed by atoms with Crippen LogP contribution < -0.4 is 14.4 Å². The zero-order chi connectivity index (χ0) is 19.8. The molecule has 1 aliphatic heterocycles. The summed E-state index contributed by atoms with van der Waals surface area (Å²) >= 11 is 0. The molecule has 0 fully saturated rings. The Morgan fingerprint density at radius 1 is 1.41 bits per heavy atom. The van der Waals surface area contributed by atoms with Gasteiger partial charge in [0.25, 0.3) is 0 Å². The Morgan fingerprint density at radius 3 is 2.74 bits per heavy atom. The third kappa shape index (κ3) is 3.68. The number of hydrogen-bond donors (Lipinski definition) is 0. The molecule has 3 rings (SSSR count).